The molecule has 0 radical (unpaired) electrons. The molecule has 0 atom stereocenters. The number of rotatable bonds is 7. The molecular formula is C17H18O3S. The van der Waals surface area contributed by atoms with Crippen molar-refractivity contribution in [3.63, 3.8) is 0 Å². The van der Waals surface area contributed by atoms with E-state index in [9.17, 15) is 4.79 Å². The maximum atomic E-state index is 11.9. The topological polar surface area (TPSA) is 35.5 Å². The van der Waals surface area contributed by atoms with Gasteiger partial charge >= 0.3 is 0 Å². The second-order valence-electron chi connectivity index (χ2n) is 4.25. The van der Waals surface area contributed by atoms with Crippen molar-refractivity contribution in [2.75, 3.05) is 13.2 Å². The molecule has 0 amide bonds. The average molecular weight is 302 g/mol. The predicted octanol–water partition coefficient (Wildman–Crippen LogP) is 4.44. The van der Waals surface area contributed by atoms with E-state index in [0.29, 0.717) is 19.0 Å². The molecule has 1 aromatic carbocycles. The van der Waals surface area contributed by atoms with Crippen molar-refractivity contribution in [2.24, 2.45) is 0 Å². The zero-order valence-corrected chi connectivity index (χ0v) is 13.0. The lowest BCUT2D eigenvalue weighted by molar-refractivity contribution is 0.105. The van der Waals surface area contributed by atoms with E-state index in [4.69, 9.17) is 9.47 Å². The van der Waals surface area contributed by atoms with Gasteiger partial charge in [-0.05, 0) is 49.1 Å². The molecule has 110 valence electrons. The molecule has 1 heterocycles. The lowest BCUT2D eigenvalue weighted by Crippen LogP contribution is -1.98. The number of ether oxygens (including phenoxy) is 2. The average Bonchev–Trinajstić information content (AvgIpc) is 3.02. The molecule has 0 unspecified atom stereocenters. The van der Waals surface area contributed by atoms with Gasteiger partial charge in [0.05, 0.1) is 18.1 Å². The molecule has 0 bridgehead atoms. The van der Waals surface area contributed by atoms with Gasteiger partial charge in [0.2, 0.25) is 0 Å². The van der Waals surface area contributed by atoms with E-state index in [1.165, 1.54) is 11.3 Å². The second-order valence-corrected chi connectivity index (χ2v) is 5.19. The van der Waals surface area contributed by atoms with Crippen molar-refractivity contribution < 1.29 is 14.3 Å². The van der Waals surface area contributed by atoms with E-state index in [0.717, 1.165) is 16.2 Å². The minimum absolute atomic E-state index is 0.0110. The van der Waals surface area contributed by atoms with E-state index < -0.39 is 0 Å². The Morgan fingerprint density at radius 2 is 1.90 bits per heavy atom. The van der Waals surface area contributed by atoms with Gasteiger partial charge in [-0.2, -0.15) is 0 Å². The normalized spacial score (nSPS) is 10.8. The number of thiophene rings is 1. The van der Waals surface area contributed by atoms with Gasteiger partial charge in [0.1, 0.15) is 0 Å². The predicted molar refractivity (Wildman–Crippen MR) is 86.5 cm³/mol. The summed E-state index contributed by atoms with van der Waals surface area (Å²) < 4.78 is 11.1. The Morgan fingerprint density at radius 3 is 2.57 bits per heavy atom. The molecule has 3 nitrogen and oxygen atoms in total. The zero-order valence-electron chi connectivity index (χ0n) is 12.2. The van der Waals surface area contributed by atoms with Crippen LogP contribution in [0.4, 0.5) is 0 Å². The first-order chi connectivity index (χ1) is 10.2. The Bertz CT molecular complexity index is 615. The molecule has 1 aromatic heterocycles. The van der Waals surface area contributed by atoms with Crippen LogP contribution in [0.5, 0.6) is 11.5 Å². The number of hydrogen-bond acceptors (Lipinski definition) is 4. The van der Waals surface area contributed by atoms with Gasteiger partial charge < -0.3 is 9.47 Å². The molecule has 0 N–H and O–H groups in total. The molecule has 0 spiro atoms. The molecular weight excluding hydrogens is 284 g/mol. The highest BCUT2D eigenvalue weighted by Crippen LogP contribution is 2.29. The third kappa shape index (κ3) is 4.20. The number of carbonyl (C=O) groups excluding carboxylic acids is 1. The SMILES string of the molecule is CCOc1ccc(/C=C/C(=O)c2cccs2)cc1OCC. The summed E-state index contributed by atoms with van der Waals surface area (Å²) in [6.07, 6.45) is 3.37. The molecule has 2 aromatic rings. The van der Waals surface area contributed by atoms with Crippen LogP contribution in [0.2, 0.25) is 0 Å². The Labute approximate surface area is 128 Å². The lowest BCUT2D eigenvalue weighted by atomic mass is 10.1. The van der Waals surface area contributed by atoms with Crippen LogP contribution < -0.4 is 9.47 Å². The van der Waals surface area contributed by atoms with Crippen LogP contribution in [-0.2, 0) is 0 Å². The Kier molecular flexibility index (Phi) is 5.58. The summed E-state index contributed by atoms with van der Waals surface area (Å²) in [6, 6.07) is 9.35. The van der Waals surface area contributed by atoms with Gasteiger partial charge in [-0.3, -0.25) is 4.79 Å². The van der Waals surface area contributed by atoms with Crippen LogP contribution in [-0.4, -0.2) is 19.0 Å². The van der Waals surface area contributed by atoms with Crippen LogP contribution in [0.1, 0.15) is 29.1 Å². The standard InChI is InChI=1S/C17H18O3S/c1-3-19-15-10-8-13(12-16(15)20-4-2)7-9-14(18)17-6-5-11-21-17/h5-12H,3-4H2,1-2H3/b9-7+. The Hall–Kier alpha value is -2.07. The van der Waals surface area contributed by atoms with Crippen molar-refractivity contribution in [1.29, 1.82) is 0 Å². The van der Waals surface area contributed by atoms with E-state index in [-0.39, 0.29) is 5.78 Å². The first-order valence-electron chi connectivity index (χ1n) is 6.90. The van der Waals surface area contributed by atoms with Crippen molar-refractivity contribution in [3.8, 4) is 11.5 Å². The fourth-order valence-corrected chi connectivity index (χ4v) is 2.49. The second kappa shape index (κ2) is 7.64. The molecule has 0 aliphatic heterocycles. The van der Waals surface area contributed by atoms with Crippen LogP contribution in [0.25, 0.3) is 6.08 Å². The van der Waals surface area contributed by atoms with Crippen LogP contribution in [0, 0.1) is 0 Å². The van der Waals surface area contributed by atoms with Crippen LogP contribution >= 0.6 is 11.3 Å². The highest BCUT2D eigenvalue weighted by atomic mass is 32.1. The van der Waals surface area contributed by atoms with Crippen molar-refractivity contribution in [3.05, 3.63) is 52.2 Å². The van der Waals surface area contributed by atoms with Gasteiger partial charge in [0.25, 0.3) is 0 Å². The fraction of sp³-hybridized carbons (Fsp3) is 0.235. The molecule has 0 aliphatic carbocycles. The summed E-state index contributed by atoms with van der Waals surface area (Å²) >= 11 is 1.44. The molecule has 21 heavy (non-hydrogen) atoms. The summed E-state index contributed by atoms with van der Waals surface area (Å²) in [5.74, 6) is 1.43. The van der Waals surface area contributed by atoms with E-state index in [2.05, 4.69) is 0 Å². The van der Waals surface area contributed by atoms with E-state index >= 15 is 0 Å². The largest absolute Gasteiger partial charge is 0.490 e. The van der Waals surface area contributed by atoms with E-state index in [1.807, 2.05) is 49.6 Å². The van der Waals surface area contributed by atoms with Crippen molar-refractivity contribution >= 4 is 23.2 Å². The Morgan fingerprint density at radius 1 is 1.14 bits per heavy atom. The summed E-state index contributed by atoms with van der Waals surface area (Å²) in [7, 11) is 0. The zero-order chi connectivity index (χ0) is 15.1. The van der Waals surface area contributed by atoms with Crippen LogP contribution in [0.15, 0.2) is 41.8 Å². The number of ketones is 1. The number of benzene rings is 1. The quantitative estimate of drug-likeness (QED) is 0.560. The summed E-state index contributed by atoms with van der Waals surface area (Å²) in [4.78, 5) is 12.7. The summed E-state index contributed by atoms with van der Waals surface area (Å²) in [6.45, 7) is 5.02. The summed E-state index contributed by atoms with van der Waals surface area (Å²) in [5, 5.41) is 1.89. The van der Waals surface area contributed by atoms with Gasteiger partial charge in [0.15, 0.2) is 17.3 Å². The number of hydrogen-bond donors (Lipinski definition) is 0. The highest BCUT2D eigenvalue weighted by Gasteiger charge is 2.06. The molecule has 0 aliphatic rings. The molecule has 0 saturated heterocycles. The number of carbonyl (C=O) groups is 1. The minimum atomic E-state index is 0.0110. The van der Waals surface area contributed by atoms with Crippen LogP contribution in [0.3, 0.4) is 0 Å². The van der Waals surface area contributed by atoms with E-state index in [1.54, 1.807) is 12.2 Å². The third-order valence-corrected chi connectivity index (χ3v) is 3.64. The van der Waals surface area contributed by atoms with Gasteiger partial charge in [-0.1, -0.05) is 18.2 Å². The molecule has 4 heteroatoms. The molecule has 0 saturated carbocycles. The molecule has 2 rings (SSSR count). The first-order valence-corrected chi connectivity index (χ1v) is 7.78. The maximum Gasteiger partial charge on any atom is 0.195 e. The van der Waals surface area contributed by atoms with Gasteiger partial charge in [-0.15, -0.1) is 11.3 Å². The monoisotopic (exact) mass is 302 g/mol. The summed E-state index contributed by atoms with van der Waals surface area (Å²) in [5.41, 5.74) is 0.909. The number of allylic oxidation sites excluding steroid dienone is 1. The Balaban J connectivity index is 2.16. The molecule has 0 fully saturated rings. The first kappa shape index (κ1) is 15.3. The minimum Gasteiger partial charge on any atom is -0.490 e. The highest BCUT2D eigenvalue weighted by molar-refractivity contribution is 7.12. The lowest BCUT2D eigenvalue weighted by Gasteiger charge is -2.11. The smallest absolute Gasteiger partial charge is 0.195 e. The fourth-order valence-electron chi connectivity index (χ4n) is 1.84. The van der Waals surface area contributed by atoms with Crippen molar-refractivity contribution in [1.82, 2.24) is 0 Å². The van der Waals surface area contributed by atoms with Crippen molar-refractivity contribution in [2.45, 2.75) is 13.8 Å². The third-order valence-electron chi connectivity index (χ3n) is 2.76. The van der Waals surface area contributed by atoms with Gasteiger partial charge in [-0.25, -0.2) is 0 Å². The maximum absolute atomic E-state index is 11.9. The van der Waals surface area contributed by atoms with Gasteiger partial charge in [0, 0.05) is 0 Å².